The van der Waals surface area contributed by atoms with Gasteiger partial charge in [0.1, 0.15) is 11.5 Å². The van der Waals surface area contributed by atoms with Crippen molar-refractivity contribution in [1.29, 1.82) is 0 Å². The lowest BCUT2D eigenvalue weighted by Gasteiger charge is -2.25. The molecule has 0 radical (unpaired) electrons. The van der Waals surface area contributed by atoms with Crippen molar-refractivity contribution in [1.82, 2.24) is 15.1 Å². The Kier molecular flexibility index (Phi) is 7.52. The minimum Gasteiger partial charge on any atom is -0.497 e. The lowest BCUT2D eigenvalue weighted by Crippen LogP contribution is -2.36. The summed E-state index contributed by atoms with van der Waals surface area (Å²) < 4.78 is 16.4. The van der Waals surface area contributed by atoms with Crippen LogP contribution in [0.2, 0.25) is 5.02 Å². The van der Waals surface area contributed by atoms with Crippen molar-refractivity contribution in [2.75, 3.05) is 14.2 Å². The molecule has 1 amide bonds. The highest BCUT2D eigenvalue weighted by Gasteiger charge is 2.21. The number of amides is 1. The number of rotatable bonds is 9. The maximum atomic E-state index is 13.0. The van der Waals surface area contributed by atoms with Gasteiger partial charge in [0.15, 0.2) is 0 Å². The molecule has 0 aliphatic rings. The molecule has 3 rings (SSSR count). The summed E-state index contributed by atoms with van der Waals surface area (Å²) in [7, 11) is 3.21. The van der Waals surface area contributed by atoms with Gasteiger partial charge in [0.25, 0.3) is 0 Å². The molecule has 3 aromatic rings. The number of aromatic nitrogens is 2. The maximum Gasteiger partial charge on any atom is 0.249 e. The number of nitrogens with zero attached hydrogens (tertiary/aromatic N) is 3. The standard InChI is InChI=1S/C23H26ClN3O4/c1-15(2)27(14-21-25-26-23(31-21)19-7-5-6-8-20(19)24)22(28)10-9-16-11-17(29-3)13-18(12-16)30-4/h5-8,11-13,15H,9-10,14H2,1-4H3. The fourth-order valence-electron chi connectivity index (χ4n) is 3.17. The lowest BCUT2D eigenvalue weighted by molar-refractivity contribution is -0.133. The van der Waals surface area contributed by atoms with E-state index in [0.29, 0.717) is 46.7 Å². The molecule has 7 nitrogen and oxygen atoms in total. The van der Waals surface area contributed by atoms with Gasteiger partial charge in [-0.1, -0.05) is 23.7 Å². The first kappa shape index (κ1) is 22.6. The number of hydrogen-bond acceptors (Lipinski definition) is 6. The monoisotopic (exact) mass is 443 g/mol. The molecule has 31 heavy (non-hydrogen) atoms. The van der Waals surface area contributed by atoms with E-state index in [1.807, 2.05) is 44.2 Å². The summed E-state index contributed by atoms with van der Waals surface area (Å²) in [5.74, 6) is 2.08. The average molecular weight is 444 g/mol. The van der Waals surface area contributed by atoms with E-state index in [-0.39, 0.29) is 18.5 Å². The summed E-state index contributed by atoms with van der Waals surface area (Å²) in [5.41, 5.74) is 1.63. The van der Waals surface area contributed by atoms with Crippen LogP contribution in [0.1, 0.15) is 31.7 Å². The van der Waals surface area contributed by atoms with E-state index in [1.165, 1.54) is 0 Å². The third-order valence-corrected chi connectivity index (χ3v) is 5.19. The topological polar surface area (TPSA) is 77.7 Å². The second-order valence-electron chi connectivity index (χ2n) is 7.32. The molecule has 164 valence electrons. The first-order valence-electron chi connectivity index (χ1n) is 10.00. The number of halogens is 1. The number of aryl methyl sites for hydroxylation is 1. The van der Waals surface area contributed by atoms with Crippen molar-refractivity contribution >= 4 is 17.5 Å². The van der Waals surface area contributed by atoms with E-state index in [2.05, 4.69) is 10.2 Å². The molecule has 0 atom stereocenters. The van der Waals surface area contributed by atoms with Crippen LogP contribution in [0.5, 0.6) is 11.5 Å². The minimum absolute atomic E-state index is 0.00530. The van der Waals surface area contributed by atoms with Gasteiger partial charge in [-0.05, 0) is 50.1 Å². The molecule has 0 unspecified atom stereocenters. The summed E-state index contributed by atoms with van der Waals surface area (Å²) in [5, 5.41) is 8.71. The van der Waals surface area contributed by atoms with Crippen molar-refractivity contribution in [2.24, 2.45) is 0 Å². The number of hydrogen-bond donors (Lipinski definition) is 0. The normalized spacial score (nSPS) is 10.9. The number of methoxy groups -OCH3 is 2. The predicted octanol–water partition coefficient (Wildman–Crippen LogP) is 4.78. The Morgan fingerprint density at radius 2 is 1.77 bits per heavy atom. The van der Waals surface area contributed by atoms with Crippen LogP contribution in [-0.2, 0) is 17.8 Å². The molecule has 1 heterocycles. The molecule has 0 fully saturated rings. The summed E-state index contributed by atoms with van der Waals surface area (Å²) in [6, 6.07) is 12.8. The average Bonchev–Trinajstić information content (AvgIpc) is 3.24. The second kappa shape index (κ2) is 10.3. The highest BCUT2D eigenvalue weighted by atomic mass is 35.5. The zero-order valence-electron chi connectivity index (χ0n) is 18.1. The maximum absolute atomic E-state index is 13.0. The zero-order valence-corrected chi connectivity index (χ0v) is 18.8. The largest absolute Gasteiger partial charge is 0.497 e. The Hall–Kier alpha value is -3.06. The summed E-state index contributed by atoms with van der Waals surface area (Å²) >= 11 is 6.21. The molecule has 0 bridgehead atoms. The summed E-state index contributed by atoms with van der Waals surface area (Å²) in [4.78, 5) is 14.7. The van der Waals surface area contributed by atoms with E-state index < -0.39 is 0 Å². The SMILES string of the molecule is COc1cc(CCC(=O)N(Cc2nnc(-c3ccccc3Cl)o2)C(C)C)cc(OC)c1. The van der Waals surface area contributed by atoms with Crippen LogP contribution in [0.15, 0.2) is 46.9 Å². The van der Waals surface area contributed by atoms with Gasteiger partial charge in [-0.25, -0.2) is 0 Å². The Morgan fingerprint density at radius 1 is 1.10 bits per heavy atom. The van der Waals surface area contributed by atoms with E-state index >= 15 is 0 Å². The lowest BCUT2D eigenvalue weighted by atomic mass is 10.1. The van der Waals surface area contributed by atoms with Gasteiger partial charge in [-0.3, -0.25) is 4.79 Å². The van der Waals surface area contributed by atoms with Crippen LogP contribution < -0.4 is 9.47 Å². The van der Waals surface area contributed by atoms with Crippen LogP contribution in [0.4, 0.5) is 0 Å². The second-order valence-corrected chi connectivity index (χ2v) is 7.72. The van der Waals surface area contributed by atoms with Gasteiger partial charge in [-0.15, -0.1) is 10.2 Å². The van der Waals surface area contributed by atoms with Crippen molar-refractivity contribution < 1.29 is 18.7 Å². The quantitative estimate of drug-likeness (QED) is 0.473. The molecule has 1 aromatic heterocycles. The Morgan fingerprint density at radius 3 is 2.39 bits per heavy atom. The highest BCUT2D eigenvalue weighted by molar-refractivity contribution is 6.33. The van der Waals surface area contributed by atoms with Crippen LogP contribution in [0.25, 0.3) is 11.5 Å². The molecule has 0 saturated heterocycles. The van der Waals surface area contributed by atoms with Gasteiger partial charge in [0.05, 0.1) is 31.4 Å². The fraction of sp³-hybridized carbons (Fsp3) is 0.348. The highest BCUT2D eigenvalue weighted by Crippen LogP contribution is 2.27. The van der Waals surface area contributed by atoms with Gasteiger partial charge >= 0.3 is 0 Å². The third kappa shape index (κ3) is 5.76. The Balaban J connectivity index is 1.69. The molecule has 0 aliphatic heterocycles. The van der Waals surface area contributed by atoms with E-state index in [1.54, 1.807) is 31.3 Å². The molecule has 0 saturated carbocycles. The molecular formula is C23H26ClN3O4. The van der Waals surface area contributed by atoms with Crippen molar-refractivity contribution in [3.05, 3.63) is 58.9 Å². The van der Waals surface area contributed by atoms with Gasteiger partial charge in [0, 0.05) is 18.5 Å². The van der Waals surface area contributed by atoms with E-state index in [9.17, 15) is 4.79 Å². The smallest absolute Gasteiger partial charge is 0.249 e. The van der Waals surface area contributed by atoms with E-state index in [0.717, 1.165) is 5.56 Å². The predicted molar refractivity (Wildman–Crippen MR) is 118 cm³/mol. The molecule has 0 aliphatic carbocycles. The number of carbonyl (C=O) groups excluding carboxylic acids is 1. The van der Waals surface area contributed by atoms with Crippen LogP contribution in [0, 0.1) is 0 Å². The fourth-order valence-corrected chi connectivity index (χ4v) is 3.39. The van der Waals surface area contributed by atoms with Crippen LogP contribution in [-0.4, -0.2) is 41.3 Å². The molecule has 0 N–H and O–H groups in total. The first-order valence-corrected chi connectivity index (χ1v) is 10.4. The van der Waals surface area contributed by atoms with Gasteiger partial charge < -0.3 is 18.8 Å². The number of ether oxygens (including phenoxy) is 2. The first-order chi connectivity index (χ1) is 14.9. The van der Waals surface area contributed by atoms with E-state index in [4.69, 9.17) is 25.5 Å². The van der Waals surface area contributed by atoms with Crippen molar-refractivity contribution in [3.8, 4) is 23.0 Å². The Bertz CT molecular complexity index is 1010. The molecular weight excluding hydrogens is 418 g/mol. The van der Waals surface area contributed by atoms with Gasteiger partial charge in [-0.2, -0.15) is 0 Å². The Labute approximate surface area is 186 Å². The third-order valence-electron chi connectivity index (χ3n) is 4.86. The molecule has 0 spiro atoms. The molecule has 2 aromatic carbocycles. The summed E-state index contributed by atoms with van der Waals surface area (Å²) in [6.45, 7) is 4.14. The molecule has 8 heteroatoms. The van der Waals surface area contributed by atoms with Crippen LogP contribution >= 0.6 is 11.6 Å². The minimum atomic E-state index is -0.0250. The zero-order chi connectivity index (χ0) is 22.4. The van der Waals surface area contributed by atoms with Gasteiger partial charge in [0.2, 0.25) is 17.7 Å². The van der Waals surface area contributed by atoms with Crippen molar-refractivity contribution in [3.63, 3.8) is 0 Å². The number of benzene rings is 2. The van der Waals surface area contributed by atoms with Crippen molar-refractivity contribution in [2.45, 2.75) is 39.3 Å². The summed E-state index contributed by atoms with van der Waals surface area (Å²) in [6.07, 6.45) is 0.893. The van der Waals surface area contributed by atoms with Crippen LogP contribution in [0.3, 0.4) is 0 Å². The number of carbonyl (C=O) groups is 1.